The molecular formula is C39H74N2O7. The Morgan fingerprint density at radius 3 is 1.38 bits per heavy atom. The number of aliphatic carboxylic acids is 1. The third-order valence-electron chi connectivity index (χ3n) is 9.10. The van der Waals surface area contributed by atoms with Gasteiger partial charge in [0.1, 0.15) is 12.1 Å². The van der Waals surface area contributed by atoms with Crippen LogP contribution in [0.2, 0.25) is 0 Å². The average molecular weight is 683 g/mol. The minimum Gasteiger partial charge on any atom is -0.480 e. The number of hydrogen-bond acceptors (Lipinski definition) is 6. The van der Waals surface area contributed by atoms with Crippen LogP contribution in [0.1, 0.15) is 200 Å². The molecule has 0 rings (SSSR count). The van der Waals surface area contributed by atoms with E-state index in [4.69, 9.17) is 14.9 Å². The smallest absolute Gasteiger partial charge is 0.328 e. The van der Waals surface area contributed by atoms with E-state index in [1.54, 1.807) is 0 Å². The predicted molar refractivity (Wildman–Crippen MR) is 195 cm³/mol. The molecule has 0 fully saturated rings. The van der Waals surface area contributed by atoms with Crippen LogP contribution >= 0.6 is 0 Å². The van der Waals surface area contributed by atoms with Crippen LogP contribution in [0.15, 0.2) is 0 Å². The number of carboxylic acids is 1. The number of esters is 1. The maximum atomic E-state index is 12.6. The van der Waals surface area contributed by atoms with E-state index in [2.05, 4.69) is 24.5 Å². The van der Waals surface area contributed by atoms with Crippen molar-refractivity contribution in [3.05, 3.63) is 0 Å². The molecule has 0 saturated heterocycles. The number of aliphatic hydroxyl groups is 1. The van der Waals surface area contributed by atoms with E-state index in [1.807, 2.05) is 0 Å². The molecule has 282 valence electrons. The van der Waals surface area contributed by atoms with Crippen molar-refractivity contribution in [3.63, 3.8) is 0 Å². The molecule has 2 atom stereocenters. The minimum atomic E-state index is -1.39. The van der Waals surface area contributed by atoms with Crippen molar-refractivity contribution in [1.82, 2.24) is 10.6 Å². The van der Waals surface area contributed by atoms with E-state index in [0.29, 0.717) is 12.8 Å². The molecule has 0 aromatic heterocycles. The number of carbonyl (C=O) groups excluding carboxylic acids is 3. The van der Waals surface area contributed by atoms with Gasteiger partial charge >= 0.3 is 11.9 Å². The van der Waals surface area contributed by atoms with E-state index in [0.717, 1.165) is 57.8 Å². The maximum Gasteiger partial charge on any atom is 0.328 e. The summed E-state index contributed by atoms with van der Waals surface area (Å²) in [6.45, 7) is 3.40. The van der Waals surface area contributed by atoms with E-state index in [-0.39, 0.29) is 30.9 Å². The molecule has 0 heterocycles. The van der Waals surface area contributed by atoms with Gasteiger partial charge in [-0.25, -0.2) is 4.79 Å². The largest absolute Gasteiger partial charge is 0.480 e. The molecular weight excluding hydrogens is 608 g/mol. The molecule has 0 radical (unpaired) electrons. The number of ether oxygens (including phenoxy) is 1. The number of aliphatic hydroxyl groups excluding tert-OH is 1. The van der Waals surface area contributed by atoms with E-state index in [9.17, 15) is 19.2 Å². The summed E-state index contributed by atoms with van der Waals surface area (Å²) < 4.78 is 5.89. The number of hydrogen-bond donors (Lipinski definition) is 4. The number of carbonyl (C=O) groups is 4. The van der Waals surface area contributed by atoms with Crippen LogP contribution in [-0.2, 0) is 23.9 Å². The molecule has 9 nitrogen and oxygen atoms in total. The first-order chi connectivity index (χ1) is 23.3. The van der Waals surface area contributed by atoms with Gasteiger partial charge in [0.15, 0.2) is 0 Å². The zero-order chi connectivity index (χ0) is 35.5. The zero-order valence-corrected chi connectivity index (χ0v) is 31.0. The van der Waals surface area contributed by atoms with Crippen LogP contribution in [0.3, 0.4) is 0 Å². The highest BCUT2D eigenvalue weighted by molar-refractivity contribution is 5.87. The lowest BCUT2D eigenvalue weighted by Gasteiger charge is -2.18. The number of rotatable bonds is 36. The zero-order valence-electron chi connectivity index (χ0n) is 31.0. The van der Waals surface area contributed by atoms with Crippen LogP contribution in [0, 0.1) is 0 Å². The lowest BCUT2D eigenvalue weighted by Crippen LogP contribution is -2.47. The number of nitrogens with one attached hydrogen (secondary N) is 2. The third kappa shape index (κ3) is 31.1. The van der Waals surface area contributed by atoms with Crippen molar-refractivity contribution in [2.45, 2.75) is 212 Å². The Kier molecular flexibility index (Phi) is 33.1. The Bertz CT molecular complexity index is 792. The second kappa shape index (κ2) is 34.7. The SMILES string of the molecule is CCCCCCCCCCCCCCCCCCCCC(=O)OC(CCCCCC)CCCCCC(=O)NCC(=O)NC(CO)C(=O)O. The van der Waals surface area contributed by atoms with E-state index in [1.165, 1.54) is 109 Å². The van der Waals surface area contributed by atoms with Crippen molar-refractivity contribution in [2.24, 2.45) is 0 Å². The molecule has 0 spiro atoms. The molecule has 0 aliphatic heterocycles. The summed E-state index contributed by atoms with van der Waals surface area (Å²) in [5.41, 5.74) is 0. The van der Waals surface area contributed by atoms with Gasteiger partial charge in [0.2, 0.25) is 11.8 Å². The highest BCUT2D eigenvalue weighted by Gasteiger charge is 2.19. The van der Waals surface area contributed by atoms with Crippen molar-refractivity contribution in [2.75, 3.05) is 13.2 Å². The minimum absolute atomic E-state index is 0.0730. The maximum absolute atomic E-state index is 12.6. The molecule has 0 aromatic carbocycles. The topological polar surface area (TPSA) is 142 Å². The normalized spacial score (nSPS) is 12.4. The number of carboxylic acid groups (broad SMARTS) is 1. The second-order valence-corrected chi connectivity index (χ2v) is 13.7. The summed E-state index contributed by atoms with van der Waals surface area (Å²) in [5.74, 6) is -2.37. The van der Waals surface area contributed by atoms with Gasteiger partial charge in [-0.1, -0.05) is 149 Å². The summed E-state index contributed by atoms with van der Waals surface area (Å²) >= 11 is 0. The van der Waals surface area contributed by atoms with Gasteiger partial charge in [-0.15, -0.1) is 0 Å². The molecule has 2 amide bonds. The van der Waals surface area contributed by atoms with Gasteiger partial charge in [0.05, 0.1) is 13.2 Å². The van der Waals surface area contributed by atoms with Crippen LogP contribution in [-0.4, -0.2) is 59.3 Å². The molecule has 2 unspecified atom stereocenters. The van der Waals surface area contributed by atoms with Crippen molar-refractivity contribution in [1.29, 1.82) is 0 Å². The monoisotopic (exact) mass is 683 g/mol. The first-order valence-electron chi connectivity index (χ1n) is 19.9. The Morgan fingerprint density at radius 1 is 0.542 bits per heavy atom. The first kappa shape index (κ1) is 45.8. The first-order valence-corrected chi connectivity index (χ1v) is 19.9. The lowest BCUT2D eigenvalue weighted by atomic mass is 10.0. The van der Waals surface area contributed by atoms with Gasteiger partial charge in [0.25, 0.3) is 0 Å². The summed E-state index contributed by atoms with van der Waals surface area (Å²) in [5, 5.41) is 22.5. The van der Waals surface area contributed by atoms with Crippen molar-refractivity contribution >= 4 is 23.8 Å². The van der Waals surface area contributed by atoms with Gasteiger partial charge < -0.3 is 25.6 Å². The van der Waals surface area contributed by atoms with Gasteiger partial charge in [-0.05, 0) is 38.5 Å². The molecule has 0 aliphatic carbocycles. The third-order valence-corrected chi connectivity index (χ3v) is 9.10. The van der Waals surface area contributed by atoms with E-state index < -0.39 is 24.5 Å². The molecule has 9 heteroatoms. The quantitative estimate of drug-likeness (QED) is 0.0382. The Labute approximate surface area is 293 Å². The van der Waals surface area contributed by atoms with Crippen molar-refractivity contribution in [3.8, 4) is 0 Å². The fourth-order valence-corrected chi connectivity index (χ4v) is 6.01. The molecule has 0 saturated carbocycles. The molecule has 0 aliphatic rings. The Morgan fingerprint density at radius 2 is 0.938 bits per heavy atom. The lowest BCUT2D eigenvalue weighted by molar-refractivity contribution is -0.150. The molecule has 48 heavy (non-hydrogen) atoms. The van der Waals surface area contributed by atoms with Gasteiger partial charge in [-0.3, -0.25) is 14.4 Å². The van der Waals surface area contributed by atoms with Gasteiger partial charge in [0, 0.05) is 12.8 Å². The fraction of sp³-hybridized carbons (Fsp3) is 0.897. The summed E-state index contributed by atoms with van der Waals surface area (Å²) in [6, 6.07) is -1.39. The van der Waals surface area contributed by atoms with Crippen LogP contribution in [0.5, 0.6) is 0 Å². The highest BCUT2D eigenvalue weighted by atomic mass is 16.5. The average Bonchev–Trinajstić information content (AvgIpc) is 3.07. The predicted octanol–water partition coefficient (Wildman–Crippen LogP) is 8.93. The highest BCUT2D eigenvalue weighted by Crippen LogP contribution is 2.18. The Hall–Kier alpha value is -2.16. The summed E-state index contributed by atoms with van der Waals surface area (Å²) in [7, 11) is 0. The fourth-order valence-electron chi connectivity index (χ4n) is 6.01. The standard InChI is InChI=1S/C39H74N2O7/c1-3-5-7-9-10-11-12-13-14-15-16-17-18-19-20-21-22-27-31-38(45)48-34(28-24-8-6-4-2)29-25-23-26-30-36(43)40-32-37(44)41-35(33-42)39(46)47/h34-35,42H,3-33H2,1-2H3,(H,40,43)(H,41,44)(H,46,47). The molecule has 0 bridgehead atoms. The van der Waals surface area contributed by atoms with Crippen LogP contribution in [0.4, 0.5) is 0 Å². The van der Waals surface area contributed by atoms with Crippen molar-refractivity contribution < 1.29 is 34.1 Å². The summed E-state index contributed by atoms with van der Waals surface area (Å²) in [4.78, 5) is 47.3. The summed E-state index contributed by atoms with van der Waals surface area (Å²) in [6.07, 6.45) is 33.0. The molecule has 0 aromatic rings. The molecule has 4 N–H and O–H groups in total. The Balaban J connectivity index is 3.94. The van der Waals surface area contributed by atoms with E-state index >= 15 is 0 Å². The number of unbranched alkanes of at least 4 members (excludes halogenated alkanes) is 22. The van der Waals surface area contributed by atoms with Crippen LogP contribution in [0.25, 0.3) is 0 Å². The van der Waals surface area contributed by atoms with Crippen LogP contribution < -0.4 is 10.6 Å². The second-order valence-electron chi connectivity index (χ2n) is 13.7. The van der Waals surface area contributed by atoms with Gasteiger partial charge in [-0.2, -0.15) is 0 Å². The number of amides is 2.